The number of aliphatic hydroxyl groups excluding tert-OH is 1. The number of benzene rings is 1. The molecule has 2 aromatic rings. The van der Waals surface area contributed by atoms with Gasteiger partial charge in [0.05, 0.1) is 26.3 Å². The van der Waals surface area contributed by atoms with E-state index < -0.39 is 12.1 Å². The van der Waals surface area contributed by atoms with Crippen LogP contribution in [0.3, 0.4) is 0 Å². The van der Waals surface area contributed by atoms with E-state index in [1.807, 2.05) is 38.1 Å². The van der Waals surface area contributed by atoms with Gasteiger partial charge < -0.3 is 29.1 Å². The van der Waals surface area contributed by atoms with Gasteiger partial charge in [-0.15, -0.1) is 0 Å². The van der Waals surface area contributed by atoms with E-state index in [2.05, 4.69) is 16.8 Å². The molecule has 4 rings (SSSR count). The molecule has 0 spiro atoms. The summed E-state index contributed by atoms with van der Waals surface area (Å²) in [7, 11) is 3.39. The van der Waals surface area contributed by atoms with E-state index in [0.29, 0.717) is 50.5 Å². The van der Waals surface area contributed by atoms with Crippen molar-refractivity contribution >= 4 is 11.8 Å². The Morgan fingerprint density at radius 2 is 2.00 bits per heavy atom. The topological polar surface area (TPSA) is 101 Å². The van der Waals surface area contributed by atoms with Crippen molar-refractivity contribution < 1.29 is 28.9 Å². The van der Waals surface area contributed by atoms with E-state index in [9.17, 15) is 14.7 Å². The van der Waals surface area contributed by atoms with Crippen molar-refractivity contribution in [1.82, 2.24) is 14.8 Å². The Morgan fingerprint density at radius 3 is 2.72 bits per heavy atom. The lowest BCUT2D eigenvalue weighted by Gasteiger charge is -2.38. The first-order valence-corrected chi connectivity index (χ1v) is 13.4. The average Bonchev–Trinajstić information content (AvgIpc) is 2.97. The minimum atomic E-state index is -0.403. The Kier molecular flexibility index (Phi) is 9.44. The molecule has 0 bridgehead atoms. The third-order valence-corrected chi connectivity index (χ3v) is 7.34. The zero-order valence-corrected chi connectivity index (χ0v) is 23.1. The third kappa shape index (κ3) is 6.88. The van der Waals surface area contributed by atoms with Crippen molar-refractivity contribution in [2.45, 2.75) is 38.8 Å². The SMILES string of the molecule is COc1cccc(C#Cc2cnc3c(c2)C(=O)N([C@@H](C)CO)C[C@H](C)[C@H](CN(C)C(=O)C2CCOCC2)O3)c1. The van der Waals surface area contributed by atoms with E-state index >= 15 is 0 Å². The second-order valence-electron chi connectivity index (χ2n) is 10.3. The predicted molar refractivity (Wildman–Crippen MR) is 146 cm³/mol. The maximum Gasteiger partial charge on any atom is 0.259 e. The van der Waals surface area contributed by atoms with Crippen LogP contribution in [0.4, 0.5) is 0 Å². The first kappa shape index (κ1) is 28.4. The molecule has 3 atom stereocenters. The molecule has 2 aliphatic heterocycles. The highest BCUT2D eigenvalue weighted by molar-refractivity contribution is 5.97. The van der Waals surface area contributed by atoms with Crippen LogP contribution in [0, 0.1) is 23.7 Å². The standard InChI is InChI=1S/C30H37N3O6/c1-20-17-33(21(2)19-34)30(36)26-15-23(9-8-22-6-5-7-25(14-22)37-4)16-31-28(26)39-27(20)18-32(3)29(35)24-10-12-38-13-11-24/h5-7,14-16,20-21,24,27,34H,10-13,17-19H2,1-4H3/t20-,21-,27-/m0/s1. The van der Waals surface area contributed by atoms with Crippen molar-refractivity contribution in [3.05, 3.63) is 53.2 Å². The molecular weight excluding hydrogens is 498 g/mol. The fraction of sp³-hybridized carbons (Fsp3) is 0.500. The molecule has 39 heavy (non-hydrogen) atoms. The summed E-state index contributed by atoms with van der Waals surface area (Å²) in [6, 6.07) is 8.69. The van der Waals surface area contributed by atoms with Crippen LogP contribution in [0.5, 0.6) is 11.6 Å². The summed E-state index contributed by atoms with van der Waals surface area (Å²) >= 11 is 0. The number of carbonyl (C=O) groups is 2. The van der Waals surface area contributed by atoms with Crippen molar-refractivity contribution in [2.75, 3.05) is 47.1 Å². The van der Waals surface area contributed by atoms with Gasteiger partial charge in [0.2, 0.25) is 11.8 Å². The van der Waals surface area contributed by atoms with Crippen molar-refractivity contribution in [2.24, 2.45) is 11.8 Å². The number of likely N-dealkylation sites (N-methyl/N-ethyl adjacent to an activating group) is 1. The van der Waals surface area contributed by atoms with Crippen molar-refractivity contribution in [1.29, 1.82) is 0 Å². The summed E-state index contributed by atoms with van der Waals surface area (Å²) in [5.41, 5.74) is 1.61. The van der Waals surface area contributed by atoms with Crippen LogP contribution in [0.25, 0.3) is 0 Å². The van der Waals surface area contributed by atoms with E-state index in [1.54, 1.807) is 36.2 Å². The molecule has 2 aliphatic rings. The maximum absolute atomic E-state index is 13.6. The van der Waals surface area contributed by atoms with E-state index in [1.165, 1.54) is 0 Å². The van der Waals surface area contributed by atoms with Gasteiger partial charge in [0.15, 0.2) is 0 Å². The Bertz CT molecular complexity index is 1230. The van der Waals surface area contributed by atoms with Crippen LogP contribution < -0.4 is 9.47 Å². The molecule has 1 fully saturated rings. The van der Waals surface area contributed by atoms with Gasteiger partial charge in [0, 0.05) is 56.0 Å². The molecular formula is C30H37N3O6. The molecule has 208 valence electrons. The number of amides is 2. The van der Waals surface area contributed by atoms with E-state index in [0.717, 1.165) is 5.56 Å². The second-order valence-corrected chi connectivity index (χ2v) is 10.3. The van der Waals surface area contributed by atoms with E-state index in [-0.39, 0.29) is 41.7 Å². The zero-order chi connectivity index (χ0) is 27.9. The fourth-order valence-electron chi connectivity index (χ4n) is 4.85. The first-order chi connectivity index (χ1) is 18.8. The Hall–Kier alpha value is -3.61. The summed E-state index contributed by atoms with van der Waals surface area (Å²) < 4.78 is 17.0. The van der Waals surface area contributed by atoms with Crippen LogP contribution >= 0.6 is 0 Å². The molecule has 0 radical (unpaired) electrons. The van der Waals surface area contributed by atoms with Gasteiger partial charge in [0.25, 0.3) is 5.91 Å². The van der Waals surface area contributed by atoms with Gasteiger partial charge in [-0.3, -0.25) is 9.59 Å². The van der Waals surface area contributed by atoms with Gasteiger partial charge in [-0.2, -0.15) is 0 Å². The largest absolute Gasteiger partial charge is 0.497 e. The molecule has 9 nitrogen and oxygen atoms in total. The Morgan fingerprint density at radius 1 is 1.26 bits per heavy atom. The van der Waals surface area contributed by atoms with Crippen LogP contribution in [0.2, 0.25) is 0 Å². The van der Waals surface area contributed by atoms with Gasteiger partial charge >= 0.3 is 0 Å². The third-order valence-electron chi connectivity index (χ3n) is 7.34. The number of nitrogens with zero attached hydrogens (tertiary/aromatic N) is 3. The maximum atomic E-state index is 13.6. The molecule has 0 unspecified atom stereocenters. The summed E-state index contributed by atoms with van der Waals surface area (Å²) in [6.07, 6.45) is 2.61. The number of fused-ring (bicyclic) bond motifs is 1. The van der Waals surface area contributed by atoms with Crippen LogP contribution in [-0.2, 0) is 9.53 Å². The molecule has 2 amide bonds. The highest BCUT2D eigenvalue weighted by Crippen LogP contribution is 2.28. The number of methoxy groups -OCH3 is 1. The number of rotatable bonds is 6. The van der Waals surface area contributed by atoms with Gasteiger partial charge in [-0.1, -0.05) is 24.8 Å². The number of ether oxygens (including phenoxy) is 3. The van der Waals surface area contributed by atoms with Crippen molar-refractivity contribution in [3.63, 3.8) is 0 Å². The monoisotopic (exact) mass is 535 g/mol. The molecule has 9 heteroatoms. The molecule has 1 saturated heterocycles. The molecule has 1 aromatic carbocycles. The van der Waals surface area contributed by atoms with Crippen molar-refractivity contribution in [3.8, 4) is 23.5 Å². The summed E-state index contributed by atoms with van der Waals surface area (Å²) in [5.74, 6) is 6.69. The van der Waals surface area contributed by atoms with Crippen LogP contribution in [0.15, 0.2) is 36.5 Å². The number of aromatic nitrogens is 1. The summed E-state index contributed by atoms with van der Waals surface area (Å²) in [4.78, 5) is 34.6. The molecule has 0 aliphatic carbocycles. The quantitative estimate of drug-likeness (QED) is 0.568. The lowest BCUT2D eigenvalue weighted by molar-refractivity contribution is -0.138. The summed E-state index contributed by atoms with van der Waals surface area (Å²) in [5, 5.41) is 9.90. The minimum absolute atomic E-state index is 0.0591. The normalized spacial score (nSPS) is 20.4. The lowest BCUT2D eigenvalue weighted by Crippen LogP contribution is -2.51. The van der Waals surface area contributed by atoms with Gasteiger partial charge in [0.1, 0.15) is 17.4 Å². The number of pyridine rings is 1. The molecule has 3 heterocycles. The lowest BCUT2D eigenvalue weighted by atomic mass is 9.97. The number of hydrogen-bond donors (Lipinski definition) is 1. The van der Waals surface area contributed by atoms with E-state index in [4.69, 9.17) is 14.2 Å². The van der Waals surface area contributed by atoms with Crippen LogP contribution in [-0.4, -0.2) is 90.9 Å². The number of carbonyl (C=O) groups excluding carboxylic acids is 2. The van der Waals surface area contributed by atoms with Gasteiger partial charge in [-0.05, 0) is 44.0 Å². The molecule has 1 aromatic heterocycles. The first-order valence-electron chi connectivity index (χ1n) is 13.4. The Labute approximate surface area is 230 Å². The van der Waals surface area contributed by atoms with Gasteiger partial charge in [-0.25, -0.2) is 4.98 Å². The smallest absolute Gasteiger partial charge is 0.259 e. The molecule has 0 saturated carbocycles. The highest BCUT2D eigenvalue weighted by atomic mass is 16.5. The second kappa shape index (κ2) is 13.0. The minimum Gasteiger partial charge on any atom is -0.497 e. The average molecular weight is 536 g/mol. The predicted octanol–water partition coefficient (Wildman–Crippen LogP) is 2.60. The molecule has 1 N–H and O–H groups in total. The number of aliphatic hydroxyl groups is 1. The zero-order valence-electron chi connectivity index (χ0n) is 23.1. The Balaban J connectivity index is 1.62. The van der Waals surface area contributed by atoms with Crippen LogP contribution in [0.1, 0.15) is 48.2 Å². The fourth-order valence-corrected chi connectivity index (χ4v) is 4.85. The highest BCUT2D eigenvalue weighted by Gasteiger charge is 2.35. The number of hydrogen-bond acceptors (Lipinski definition) is 7. The summed E-state index contributed by atoms with van der Waals surface area (Å²) in [6.45, 7) is 5.52.